The molecule has 0 aliphatic heterocycles. The van der Waals surface area contributed by atoms with Crippen LogP contribution in [0.1, 0.15) is 18.1 Å². The molecule has 0 aliphatic carbocycles. The van der Waals surface area contributed by atoms with E-state index in [0.717, 1.165) is 11.1 Å². The Bertz CT molecular complexity index is 1060. The maximum atomic E-state index is 11.5. The summed E-state index contributed by atoms with van der Waals surface area (Å²) in [6.07, 6.45) is 1.43. The summed E-state index contributed by atoms with van der Waals surface area (Å²) in [4.78, 5) is 21.7. The molecule has 0 saturated carbocycles. The van der Waals surface area contributed by atoms with Gasteiger partial charge in [0.05, 0.1) is 23.7 Å². The number of hydrogen-bond acceptors (Lipinski definition) is 9. The fraction of sp³-hybridized carbons (Fsp3) is 0.364. The summed E-state index contributed by atoms with van der Waals surface area (Å²) in [5.41, 5.74) is 3.09. The van der Waals surface area contributed by atoms with Gasteiger partial charge in [-0.1, -0.05) is 24.3 Å². The molecule has 1 aromatic heterocycles. The third-order valence-corrected chi connectivity index (χ3v) is 5.11. The number of rotatable bonds is 12. The molecule has 0 spiro atoms. The first-order valence-electron chi connectivity index (χ1n) is 10.5. The average Bonchev–Trinajstić information content (AvgIpc) is 2.78. The second kappa shape index (κ2) is 11.3. The molecule has 0 saturated heterocycles. The third-order valence-electron chi connectivity index (χ3n) is 5.11. The Morgan fingerprint density at radius 2 is 1.78 bits per heavy atom. The summed E-state index contributed by atoms with van der Waals surface area (Å²) in [6.45, 7) is 4.44. The lowest BCUT2D eigenvalue weighted by atomic mass is 10.1. The largest absolute Gasteiger partial charge is 0.395 e. The van der Waals surface area contributed by atoms with Gasteiger partial charge in [-0.15, -0.1) is 0 Å². The van der Waals surface area contributed by atoms with E-state index in [1.54, 1.807) is 6.07 Å². The Balaban J connectivity index is 1.87. The zero-order chi connectivity index (χ0) is 22.9. The van der Waals surface area contributed by atoms with E-state index in [4.69, 9.17) is 0 Å². The topological polar surface area (TPSA) is 137 Å². The van der Waals surface area contributed by atoms with Crippen LogP contribution in [0.4, 0.5) is 17.2 Å². The van der Waals surface area contributed by atoms with Crippen LogP contribution in [0.5, 0.6) is 0 Å². The molecule has 0 unspecified atom stereocenters. The summed E-state index contributed by atoms with van der Waals surface area (Å²) in [7, 11) is 0. The van der Waals surface area contributed by atoms with E-state index in [0.29, 0.717) is 55.1 Å². The van der Waals surface area contributed by atoms with Crippen molar-refractivity contribution in [1.29, 1.82) is 0 Å². The zero-order valence-electron chi connectivity index (χ0n) is 18.0. The number of nitro benzene ring substituents is 1. The highest BCUT2D eigenvalue weighted by molar-refractivity contribution is 5.94. The van der Waals surface area contributed by atoms with Gasteiger partial charge in [0.1, 0.15) is 17.8 Å². The number of aliphatic hydroxyl groups is 2. The standard InChI is InChI=1S/C22H28N6O4/c1-2-23-20-12-19-18(11-21(20)28(31)32)22(26-15-25-19)24-13-16-5-3-4-6-17(16)14-27(7-9-29)8-10-30/h3-6,11-12,15,23,29-30H,2,7-10,13-14H2,1H3,(H,24,25,26). The number of fused-ring (bicyclic) bond motifs is 1. The van der Waals surface area contributed by atoms with Crippen LogP contribution in [0, 0.1) is 10.1 Å². The first-order chi connectivity index (χ1) is 15.6. The molecule has 3 rings (SSSR count). The fourth-order valence-corrected chi connectivity index (χ4v) is 3.57. The van der Waals surface area contributed by atoms with Crippen molar-refractivity contribution in [2.45, 2.75) is 20.0 Å². The van der Waals surface area contributed by atoms with Gasteiger partial charge in [0.25, 0.3) is 5.69 Å². The van der Waals surface area contributed by atoms with Crippen molar-refractivity contribution in [2.24, 2.45) is 0 Å². The van der Waals surface area contributed by atoms with E-state index in [2.05, 4.69) is 20.6 Å². The van der Waals surface area contributed by atoms with Crippen LogP contribution in [-0.4, -0.2) is 62.9 Å². The number of nitro groups is 1. The highest BCUT2D eigenvalue weighted by atomic mass is 16.6. The molecule has 0 atom stereocenters. The highest BCUT2D eigenvalue weighted by Gasteiger charge is 2.17. The average molecular weight is 441 g/mol. The molecule has 1 heterocycles. The molecular formula is C22H28N6O4. The molecular weight excluding hydrogens is 412 g/mol. The van der Waals surface area contributed by atoms with Gasteiger partial charge in [0.15, 0.2) is 0 Å². The second-order valence-electron chi connectivity index (χ2n) is 7.24. The van der Waals surface area contributed by atoms with Gasteiger partial charge in [0.2, 0.25) is 0 Å². The maximum Gasteiger partial charge on any atom is 0.293 e. The minimum atomic E-state index is -0.416. The molecule has 0 aliphatic rings. The van der Waals surface area contributed by atoms with Gasteiger partial charge in [-0.25, -0.2) is 9.97 Å². The number of nitrogens with one attached hydrogen (secondary N) is 2. The predicted molar refractivity (Wildman–Crippen MR) is 124 cm³/mol. The predicted octanol–water partition coefficient (Wildman–Crippen LogP) is 2.37. The van der Waals surface area contributed by atoms with E-state index in [9.17, 15) is 20.3 Å². The van der Waals surface area contributed by atoms with Crippen molar-refractivity contribution in [1.82, 2.24) is 14.9 Å². The van der Waals surface area contributed by atoms with Crippen molar-refractivity contribution >= 4 is 28.1 Å². The second-order valence-corrected chi connectivity index (χ2v) is 7.24. The third kappa shape index (κ3) is 5.67. The van der Waals surface area contributed by atoms with Crippen LogP contribution in [0.2, 0.25) is 0 Å². The molecule has 170 valence electrons. The number of aliphatic hydroxyl groups excluding tert-OH is 2. The SMILES string of the molecule is CCNc1cc2ncnc(NCc3ccccc3CN(CCO)CCO)c2cc1[N+](=O)[O-]. The van der Waals surface area contributed by atoms with Gasteiger partial charge in [-0.2, -0.15) is 0 Å². The first-order valence-corrected chi connectivity index (χ1v) is 10.5. The van der Waals surface area contributed by atoms with Crippen molar-refractivity contribution in [3.8, 4) is 0 Å². The van der Waals surface area contributed by atoms with E-state index >= 15 is 0 Å². The molecule has 2 aromatic carbocycles. The Morgan fingerprint density at radius 3 is 2.44 bits per heavy atom. The number of benzene rings is 2. The maximum absolute atomic E-state index is 11.5. The highest BCUT2D eigenvalue weighted by Crippen LogP contribution is 2.32. The number of hydrogen-bond donors (Lipinski definition) is 4. The van der Waals surface area contributed by atoms with E-state index in [1.165, 1.54) is 12.4 Å². The van der Waals surface area contributed by atoms with Gasteiger partial charge in [0, 0.05) is 44.2 Å². The van der Waals surface area contributed by atoms with Crippen molar-refractivity contribution in [2.75, 3.05) is 43.5 Å². The van der Waals surface area contributed by atoms with Crippen LogP contribution < -0.4 is 10.6 Å². The van der Waals surface area contributed by atoms with E-state index in [-0.39, 0.29) is 18.9 Å². The fourth-order valence-electron chi connectivity index (χ4n) is 3.57. The number of aromatic nitrogens is 2. The molecule has 10 nitrogen and oxygen atoms in total. The number of anilines is 2. The quantitative estimate of drug-likeness (QED) is 0.247. The summed E-state index contributed by atoms with van der Waals surface area (Å²) in [5.74, 6) is 0.513. The van der Waals surface area contributed by atoms with Crippen molar-refractivity contribution in [3.05, 3.63) is 64.0 Å². The normalized spacial score (nSPS) is 11.1. The smallest absolute Gasteiger partial charge is 0.293 e. The molecule has 0 bridgehead atoms. The lowest BCUT2D eigenvalue weighted by Crippen LogP contribution is -2.29. The summed E-state index contributed by atoms with van der Waals surface area (Å²) in [6, 6.07) is 11.0. The zero-order valence-corrected chi connectivity index (χ0v) is 18.0. The van der Waals surface area contributed by atoms with Crippen LogP contribution >= 0.6 is 0 Å². The van der Waals surface area contributed by atoms with Crippen LogP contribution in [0.3, 0.4) is 0 Å². The molecule has 32 heavy (non-hydrogen) atoms. The van der Waals surface area contributed by atoms with E-state index < -0.39 is 4.92 Å². The minimum Gasteiger partial charge on any atom is -0.395 e. The minimum absolute atomic E-state index is 0.0149. The lowest BCUT2D eigenvalue weighted by Gasteiger charge is -2.22. The van der Waals surface area contributed by atoms with Crippen LogP contribution in [0.25, 0.3) is 10.9 Å². The molecule has 10 heteroatoms. The van der Waals surface area contributed by atoms with Gasteiger partial charge in [-0.05, 0) is 24.1 Å². The number of nitrogens with zero attached hydrogens (tertiary/aromatic N) is 4. The first kappa shape index (κ1) is 23.3. The summed E-state index contributed by atoms with van der Waals surface area (Å²) in [5, 5.41) is 37.0. The summed E-state index contributed by atoms with van der Waals surface area (Å²) < 4.78 is 0. The molecule has 0 fully saturated rings. The van der Waals surface area contributed by atoms with Crippen molar-refractivity contribution < 1.29 is 15.1 Å². The Labute approximate surface area is 186 Å². The molecule has 4 N–H and O–H groups in total. The Kier molecular flexibility index (Phi) is 8.26. The van der Waals surface area contributed by atoms with Gasteiger partial charge >= 0.3 is 0 Å². The lowest BCUT2D eigenvalue weighted by molar-refractivity contribution is -0.383. The molecule has 3 aromatic rings. The molecule has 0 amide bonds. The summed E-state index contributed by atoms with van der Waals surface area (Å²) >= 11 is 0. The van der Waals surface area contributed by atoms with Gasteiger partial charge < -0.3 is 20.8 Å². The van der Waals surface area contributed by atoms with Crippen LogP contribution in [0.15, 0.2) is 42.7 Å². The Hall–Kier alpha value is -3.34. The van der Waals surface area contributed by atoms with Crippen LogP contribution in [-0.2, 0) is 13.1 Å². The van der Waals surface area contributed by atoms with Gasteiger partial charge in [-0.3, -0.25) is 15.0 Å². The Morgan fingerprint density at radius 1 is 1.06 bits per heavy atom. The molecule has 0 radical (unpaired) electrons. The van der Waals surface area contributed by atoms with Crippen molar-refractivity contribution in [3.63, 3.8) is 0 Å². The van der Waals surface area contributed by atoms with E-state index in [1.807, 2.05) is 36.1 Å². The monoisotopic (exact) mass is 440 g/mol.